The molecule has 0 aliphatic rings. The van der Waals surface area contributed by atoms with Crippen molar-refractivity contribution >= 4 is 17.6 Å². The van der Waals surface area contributed by atoms with Gasteiger partial charge in [-0.1, -0.05) is 11.6 Å². The minimum atomic E-state index is -4.55. The molecule has 0 saturated carbocycles. The number of hydrogen-bond acceptors (Lipinski definition) is 5. The second-order valence-electron chi connectivity index (χ2n) is 4.66. The molecule has 9 heteroatoms. The number of ether oxygens (including phenoxy) is 2. The van der Waals surface area contributed by atoms with Gasteiger partial charge < -0.3 is 19.4 Å². The van der Waals surface area contributed by atoms with Gasteiger partial charge in [-0.3, -0.25) is 0 Å². The van der Waals surface area contributed by atoms with E-state index in [2.05, 4.69) is 4.98 Å². The molecule has 128 valence electrons. The number of alkyl halides is 3. The summed E-state index contributed by atoms with van der Waals surface area (Å²) in [5.41, 5.74) is -0.986. The van der Waals surface area contributed by atoms with E-state index < -0.39 is 23.8 Å². The maximum absolute atomic E-state index is 12.5. The minimum absolute atomic E-state index is 0.193. The normalized spacial score (nSPS) is 12.5. The number of rotatable bonds is 5. The van der Waals surface area contributed by atoms with Gasteiger partial charge in [0.25, 0.3) is 0 Å². The summed E-state index contributed by atoms with van der Waals surface area (Å²) in [6.45, 7) is 1.31. The lowest BCUT2D eigenvalue weighted by molar-refractivity contribution is -0.312. The molecule has 0 fully saturated rings. The Balaban J connectivity index is 2.10. The van der Waals surface area contributed by atoms with Crippen LogP contribution >= 0.6 is 11.6 Å². The standard InChI is InChI=1S/C15H11ClF3NO4/c1-8(14(21)22)23-10-2-4-11(5-3-10)24-13-12(16)6-9(7-20-13)15(17,18)19/h2-8H,1H3,(H,21,22)/p-1. The molecular formula is C15H10ClF3NO4-. The van der Waals surface area contributed by atoms with Gasteiger partial charge in [0.2, 0.25) is 5.88 Å². The highest BCUT2D eigenvalue weighted by atomic mass is 35.5. The van der Waals surface area contributed by atoms with E-state index in [-0.39, 0.29) is 22.4 Å². The Bertz CT molecular complexity index is 734. The summed E-state index contributed by atoms with van der Waals surface area (Å²) < 4.78 is 48.0. The van der Waals surface area contributed by atoms with Crippen molar-refractivity contribution in [2.75, 3.05) is 0 Å². The Morgan fingerprint density at radius 2 is 1.83 bits per heavy atom. The molecule has 0 aliphatic carbocycles. The van der Waals surface area contributed by atoms with Crippen LogP contribution in [0.1, 0.15) is 12.5 Å². The van der Waals surface area contributed by atoms with Gasteiger partial charge in [-0.05, 0) is 37.3 Å². The molecule has 24 heavy (non-hydrogen) atoms. The van der Waals surface area contributed by atoms with Crippen LogP contribution in [0.4, 0.5) is 13.2 Å². The third-order valence-electron chi connectivity index (χ3n) is 2.82. The van der Waals surface area contributed by atoms with E-state index in [0.29, 0.717) is 12.3 Å². The highest BCUT2D eigenvalue weighted by Gasteiger charge is 2.31. The van der Waals surface area contributed by atoms with Gasteiger partial charge in [0.1, 0.15) is 22.6 Å². The van der Waals surface area contributed by atoms with Crippen LogP contribution in [0.5, 0.6) is 17.4 Å². The second kappa shape index (κ2) is 6.96. The van der Waals surface area contributed by atoms with Crippen LogP contribution in [0.15, 0.2) is 36.5 Å². The molecule has 5 nitrogen and oxygen atoms in total. The maximum atomic E-state index is 12.5. The summed E-state index contributed by atoms with van der Waals surface area (Å²) in [6.07, 6.45) is -5.08. The average Bonchev–Trinajstić information content (AvgIpc) is 2.50. The van der Waals surface area contributed by atoms with Crippen LogP contribution in [0.25, 0.3) is 0 Å². The Kier molecular flexibility index (Phi) is 5.18. The summed E-state index contributed by atoms with van der Waals surface area (Å²) in [5, 5.41) is 10.3. The van der Waals surface area contributed by atoms with Gasteiger partial charge >= 0.3 is 6.18 Å². The van der Waals surface area contributed by atoms with Gasteiger partial charge in [-0.2, -0.15) is 13.2 Å². The van der Waals surface area contributed by atoms with Gasteiger partial charge in [-0.25, -0.2) is 4.98 Å². The first kappa shape index (κ1) is 17.9. The summed E-state index contributed by atoms with van der Waals surface area (Å²) >= 11 is 5.74. The SMILES string of the molecule is CC(Oc1ccc(Oc2ncc(C(F)(F)F)cc2Cl)cc1)C(=O)[O-]. The first-order chi connectivity index (χ1) is 11.2. The second-order valence-corrected chi connectivity index (χ2v) is 5.07. The monoisotopic (exact) mass is 360 g/mol. The predicted molar refractivity (Wildman–Crippen MR) is 75.9 cm³/mol. The summed E-state index contributed by atoms with van der Waals surface area (Å²) in [7, 11) is 0. The fraction of sp³-hybridized carbons (Fsp3) is 0.200. The first-order valence-electron chi connectivity index (χ1n) is 6.55. The first-order valence-corrected chi connectivity index (χ1v) is 6.93. The Morgan fingerprint density at radius 3 is 2.33 bits per heavy atom. The van der Waals surface area contributed by atoms with Crippen molar-refractivity contribution in [2.45, 2.75) is 19.2 Å². The number of carboxylic acids is 1. The smallest absolute Gasteiger partial charge is 0.417 e. The van der Waals surface area contributed by atoms with E-state index in [1.54, 1.807) is 0 Å². The lowest BCUT2D eigenvalue weighted by Crippen LogP contribution is -2.37. The molecule has 1 heterocycles. The number of hydrogen-bond donors (Lipinski definition) is 0. The molecule has 0 radical (unpaired) electrons. The fourth-order valence-electron chi connectivity index (χ4n) is 1.61. The largest absolute Gasteiger partial charge is 0.546 e. The van der Waals surface area contributed by atoms with E-state index in [9.17, 15) is 23.1 Å². The Hall–Kier alpha value is -2.48. The maximum Gasteiger partial charge on any atom is 0.417 e. The van der Waals surface area contributed by atoms with Crippen molar-refractivity contribution in [3.8, 4) is 17.4 Å². The van der Waals surface area contributed by atoms with Crippen molar-refractivity contribution in [1.82, 2.24) is 4.98 Å². The zero-order valence-corrected chi connectivity index (χ0v) is 12.9. The lowest BCUT2D eigenvalue weighted by atomic mass is 10.3. The van der Waals surface area contributed by atoms with Crippen molar-refractivity contribution in [3.05, 3.63) is 47.1 Å². The van der Waals surface area contributed by atoms with E-state index in [4.69, 9.17) is 21.1 Å². The van der Waals surface area contributed by atoms with Crippen LogP contribution < -0.4 is 14.6 Å². The molecule has 0 bridgehead atoms. The number of carbonyl (C=O) groups excluding carboxylic acids is 1. The molecule has 0 saturated heterocycles. The van der Waals surface area contributed by atoms with Gasteiger partial charge in [-0.15, -0.1) is 0 Å². The number of benzene rings is 1. The zero-order valence-electron chi connectivity index (χ0n) is 12.1. The van der Waals surface area contributed by atoms with Gasteiger partial charge in [0.15, 0.2) is 0 Å². The van der Waals surface area contributed by atoms with E-state index in [1.165, 1.54) is 31.2 Å². The number of pyridine rings is 1. The van der Waals surface area contributed by atoms with E-state index in [0.717, 1.165) is 0 Å². The summed E-state index contributed by atoms with van der Waals surface area (Å²) in [6, 6.07) is 6.41. The van der Waals surface area contributed by atoms with E-state index >= 15 is 0 Å². The minimum Gasteiger partial charge on any atom is -0.546 e. The number of carbonyl (C=O) groups is 1. The number of aliphatic carboxylic acids is 1. The van der Waals surface area contributed by atoms with Crippen LogP contribution in [0.2, 0.25) is 5.02 Å². The third-order valence-corrected chi connectivity index (χ3v) is 3.09. The van der Waals surface area contributed by atoms with Crippen molar-refractivity contribution in [1.29, 1.82) is 0 Å². The van der Waals surface area contributed by atoms with Crippen molar-refractivity contribution in [2.24, 2.45) is 0 Å². The predicted octanol–water partition coefficient (Wildman–Crippen LogP) is 3.06. The highest BCUT2D eigenvalue weighted by Crippen LogP contribution is 2.34. The Labute approximate surface area is 139 Å². The quantitative estimate of drug-likeness (QED) is 0.819. The Morgan fingerprint density at radius 1 is 1.25 bits per heavy atom. The number of halogens is 4. The number of nitrogens with zero attached hydrogens (tertiary/aromatic N) is 1. The van der Waals surface area contributed by atoms with Crippen LogP contribution in [0, 0.1) is 0 Å². The van der Waals surface area contributed by atoms with Gasteiger partial charge in [0.05, 0.1) is 11.5 Å². The molecule has 0 aliphatic heterocycles. The fourth-order valence-corrected chi connectivity index (χ4v) is 1.81. The number of aromatic nitrogens is 1. The third kappa shape index (κ3) is 4.51. The van der Waals surface area contributed by atoms with Crippen molar-refractivity contribution in [3.63, 3.8) is 0 Å². The van der Waals surface area contributed by atoms with Gasteiger partial charge in [0, 0.05) is 6.20 Å². The molecule has 0 amide bonds. The average molecular weight is 361 g/mol. The van der Waals surface area contributed by atoms with Crippen LogP contribution in [0.3, 0.4) is 0 Å². The molecule has 2 rings (SSSR count). The van der Waals surface area contributed by atoms with Crippen LogP contribution in [-0.2, 0) is 11.0 Å². The zero-order chi connectivity index (χ0) is 17.9. The molecule has 2 aromatic rings. The highest BCUT2D eigenvalue weighted by molar-refractivity contribution is 6.31. The summed E-state index contributed by atoms with van der Waals surface area (Å²) in [4.78, 5) is 14.1. The summed E-state index contributed by atoms with van der Waals surface area (Å²) in [5.74, 6) is -1.07. The topological polar surface area (TPSA) is 71.5 Å². The molecule has 0 N–H and O–H groups in total. The lowest BCUT2D eigenvalue weighted by Gasteiger charge is -2.15. The molecule has 1 aromatic heterocycles. The van der Waals surface area contributed by atoms with Crippen molar-refractivity contribution < 1.29 is 32.5 Å². The molecule has 0 spiro atoms. The van der Waals surface area contributed by atoms with Crippen LogP contribution in [-0.4, -0.2) is 17.1 Å². The molecule has 1 atom stereocenters. The molecular weight excluding hydrogens is 351 g/mol. The van der Waals surface area contributed by atoms with E-state index in [1.807, 2.05) is 0 Å². The molecule has 1 aromatic carbocycles. The molecule has 1 unspecified atom stereocenters. The number of carboxylic acid groups (broad SMARTS) is 1.